The van der Waals surface area contributed by atoms with Crippen molar-refractivity contribution in [3.05, 3.63) is 0 Å². The molecule has 0 radical (unpaired) electrons. The average Bonchev–Trinajstić information content (AvgIpc) is 2.69. The first-order valence-corrected chi connectivity index (χ1v) is 11.7. The summed E-state index contributed by atoms with van der Waals surface area (Å²) in [5.41, 5.74) is -15.4. The van der Waals surface area contributed by atoms with Crippen molar-refractivity contribution in [1.82, 2.24) is 0 Å². The van der Waals surface area contributed by atoms with Gasteiger partial charge in [0, 0.05) is 7.11 Å². The van der Waals surface area contributed by atoms with Crippen LogP contribution in [0, 0.1) is 0 Å². The predicted octanol–water partition coefficient (Wildman–Crippen LogP) is 0.576. The second-order valence-corrected chi connectivity index (χ2v) is 11.8. The van der Waals surface area contributed by atoms with Gasteiger partial charge in [-0.25, -0.2) is 0 Å². The van der Waals surface area contributed by atoms with E-state index >= 15 is 0 Å². The molecule has 0 bridgehead atoms. The lowest BCUT2D eigenvalue weighted by Gasteiger charge is -2.67. The summed E-state index contributed by atoms with van der Waals surface area (Å²) in [7, 11) is 1.30. The van der Waals surface area contributed by atoms with Gasteiger partial charge in [0.1, 0.15) is 39.2 Å². The summed E-state index contributed by atoms with van der Waals surface area (Å²) in [5, 5.41) is 68.1. The summed E-state index contributed by atoms with van der Waals surface area (Å²) < 4.78 is 23.8. The van der Waals surface area contributed by atoms with Crippen LogP contribution in [0.1, 0.15) is 82.6 Å². The van der Waals surface area contributed by atoms with E-state index in [9.17, 15) is 30.6 Å². The summed E-state index contributed by atoms with van der Waals surface area (Å²) >= 11 is 0. The molecule has 0 aromatic heterocycles. The minimum absolute atomic E-state index is 0.274. The predicted molar refractivity (Wildman–Crippen MR) is 123 cm³/mol. The number of aliphatic hydroxyl groups is 6. The Bertz CT molecular complexity index is 738. The molecule has 6 N–H and O–H groups in total. The lowest BCUT2D eigenvalue weighted by Crippen LogP contribution is -2.86. The van der Waals surface area contributed by atoms with Crippen molar-refractivity contribution in [2.75, 3.05) is 13.7 Å². The second-order valence-electron chi connectivity index (χ2n) is 11.8. The Morgan fingerprint density at radius 1 is 0.529 bits per heavy atom. The Balaban J connectivity index is 2.57. The van der Waals surface area contributed by atoms with Gasteiger partial charge in [-0.05, 0) is 75.7 Å². The fourth-order valence-corrected chi connectivity index (χ4v) is 5.39. The van der Waals surface area contributed by atoms with E-state index in [1.54, 1.807) is 13.8 Å². The van der Waals surface area contributed by atoms with Crippen molar-refractivity contribution in [3.8, 4) is 0 Å². The summed E-state index contributed by atoms with van der Waals surface area (Å²) in [6, 6.07) is 0. The fourth-order valence-electron chi connectivity index (χ4n) is 5.39. The van der Waals surface area contributed by atoms with E-state index in [2.05, 4.69) is 0 Å². The standard InChI is InChI=1S/C24H46O10/c1-13-15(2)17(4,25)19(6,27)22(9,30)24(11,33-15)32-14-16(3)18(5,26)20(7,28)21(8,29)23(10,31-12)34-16/h25-30H,13-14H2,1-12H3/t15?,16?,17-,18-,19-,20-,21?,22?,23-,24-/m0/s1. The van der Waals surface area contributed by atoms with E-state index in [0.717, 1.165) is 0 Å². The third-order valence-corrected chi connectivity index (χ3v) is 10.1. The van der Waals surface area contributed by atoms with Crippen LogP contribution in [0.25, 0.3) is 0 Å². The van der Waals surface area contributed by atoms with Gasteiger partial charge in [-0.3, -0.25) is 0 Å². The van der Waals surface area contributed by atoms with Gasteiger partial charge >= 0.3 is 0 Å². The Labute approximate surface area is 202 Å². The highest BCUT2D eigenvalue weighted by molar-refractivity contribution is 5.23. The highest BCUT2D eigenvalue weighted by Crippen LogP contribution is 2.57. The fraction of sp³-hybridized carbons (Fsp3) is 1.00. The summed E-state index contributed by atoms with van der Waals surface area (Å²) in [5.74, 6) is -3.66. The number of methoxy groups -OCH3 is 1. The first-order valence-electron chi connectivity index (χ1n) is 11.7. The molecular weight excluding hydrogens is 448 g/mol. The molecule has 2 fully saturated rings. The molecule has 2 saturated heterocycles. The zero-order valence-corrected chi connectivity index (χ0v) is 22.7. The van der Waals surface area contributed by atoms with Crippen molar-refractivity contribution in [3.63, 3.8) is 0 Å². The molecule has 0 aliphatic carbocycles. The van der Waals surface area contributed by atoms with Crippen molar-refractivity contribution in [2.24, 2.45) is 0 Å². The number of hydrogen-bond acceptors (Lipinski definition) is 10. The molecule has 2 aliphatic heterocycles. The van der Waals surface area contributed by atoms with Gasteiger partial charge in [-0.15, -0.1) is 0 Å². The quantitative estimate of drug-likeness (QED) is 0.319. The molecule has 2 heterocycles. The van der Waals surface area contributed by atoms with Gasteiger partial charge in [0.2, 0.25) is 0 Å². The van der Waals surface area contributed by atoms with Crippen LogP contribution in [0.2, 0.25) is 0 Å². The molecule has 10 nitrogen and oxygen atoms in total. The van der Waals surface area contributed by atoms with Gasteiger partial charge in [0.15, 0.2) is 11.6 Å². The topological polar surface area (TPSA) is 158 Å². The van der Waals surface area contributed by atoms with E-state index in [-0.39, 0.29) is 6.42 Å². The maximum atomic E-state index is 11.5. The normalized spacial score (nSPS) is 60.9. The van der Waals surface area contributed by atoms with Crippen molar-refractivity contribution in [2.45, 2.75) is 139 Å². The Hall–Kier alpha value is -0.400. The lowest BCUT2D eigenvalue weighted by molar-refractivity contribution is -0.480. The zero-order valence-electron chi connectivity index (χ0n) is 22.7. The van der Waals surface area contributed by atoms with Crippen LogP contribution in [0.3, 0.4) is 0 Å². The molecule has 0 aromatic carbocycles. The van der Waals surface area contributed by atoms with Crippen LogP contribution in [-0.4, -0.2) is 101 Å². The smallest absolute Gasteiger partial charge is 0.197 e. The first-order chi connectivity index (χ1) is 14.7. The molecule has 2 aliphatic rings. The van der Waals surface area contributed by atoms with E-state index in [4.69, 9.17) is 18.9 Å². The van der Waals surface area contributed by atoms with E-state index < -0.39 is 63.0 Å². The zero-order chi connectivity index (χ0) is 27.2. The molecule has 0 saturated carbocycles. The molecule has 4 unspecified atom stereocenters. The highest BCUT2D eigenvalue weighted by Gasteiger charge is 2.77. The third kappa shape index (κ3) is 3.17. The molecule has 0 amide bonds. The molecule has 34 heavy (non-hydrogen) atoms. The highest BCUT2D eigenvalue weighted by atomic mass is 16.8. The summed E-state index contributed by atoms with van der Waals surface area (Å²) in [6.07, 6.45) is 0.274. The monoisotopic (exact) mass is 494 g/mol. The van der Waals surface area contributed by atoms with Gasteiger partial charge in [0.25, 0.3) is 0 Å². The minimum Gasteiger partial charge on any atom is -0.384 e. The maximum absolute atomic E-state index is 11.5. The molecule has 202 valence electrons. The van der Waals surface area contributed by atoms with Crippen LogP contribution in [0.4, 0.5) is 0 Å². The van der Waals surface area contributed by atoms with Gasteiger partial charge in [-0.2, -0.15) is 0 Å². The Morgan fingerprint density at radius 2 is 0.882 bits per heavy atom. The molecule has 2 rings (SSSR count). The molecule has 0 aromatic rings. The van der Waals surface area contributed by atoms with Crippen molar-refractivity contribution >= 4 is 0 Å². The van der Waals surface area contributed by atoms with Crippen LogP contribution in [0.5, 0.6) is 0 Å². The number of ether oxygens (including phenoxy) is 4. The lowest BCUT2D eigenvalue weighted by atomic mass is 9.60. The van der Waals surface area contributed by atoms with Crippen molar-refractivity contribution in [1.29, 1.82) is 0 Å². The first kappa shape index (κ1) is 29.8. The Kier molecular flexibility index (Phi) is 6.64. The summed E-state index contributed by atoms with van der Waals surface area (Å²) in [4.78, 5) is 0. The SMILES string of the molecule is CCC1(C)O[C@](C)(OCC2(C)O[C@](C)(OC)C(C)(O)[C@@](C)(O)[C@@]2(C)O)C(C)(O)[C@@](C)(O)[C@@]1(C)O. The van der Waals surface area contributed by atoms with Gasteiger partial charge in [-0.1, -0.05) is 6.92 Å². The van der Waals surface area contributed by atoms with E-state index in [0.29, 0.717) is 0 Å². The molecule has 10 heteroatoms. The number of rotatable bonds is 5. The minimum atomic E-state index is -2.15. The maximum Gasteiger partial charge on any atom is 0.197 e. The third-order valence-electron chi connectivity index (χ3n) is 10.1. The number of hydrogen-bond donors (Lipinski definition) is 6. The van der Waals surface area contributed by atoms with Gasteiger partial charge in [0.05, 0.1) is 12.2 Å². The summed E-state index contributed by atoms with van der Waals surface area (Å²) in [6.45, 7) is 15.1. The molecule has 0 spiro atoms. The van der Waals surface area contributed by atoms with Gasteiger partial charge < -0.3 is 49.6 Å². The van der Waals surface area contributed by atoms with Crippen LogP contribution < -0.4 is 0 Å². The molecular formula is C24H46O10. The van der Waals surface area contributed by atoms with Crippen LogP contribution in [0.15, 0.2) is 0 Å². The largest absolute Gasteiger partial charge is 0.384 e. The van der Waals surface area contributed by atoms with Crippen molar-refractivity contribution < 1.29 is 49.6 Å². The van der Waals surface area contributed by atoms with Crippen LogP contribution in [-0.2, 0) is 18.9 Å². The molecule has 10 atom stereocenters. The van der Waals surface area contributed by atoms with E-state index in [1.807, 2.05) is 0 Å². The second kappa shape index (κ2) is 7.56. The Morgan fingerprint density at radius 3 is 1.26 bits per heavy atom. The van der Waals surface area contributed by atoms with Crippen LogP contribution >= 0.6 is 0 Å². The average molecular weight is 495 g/mol. The van der Waals surface area contributed by atoms with E-state index in [1.165, 1.54) is 69.4 Å².